The number of aromatic nitrogens is 1. The lowest BCUT2D eigenvalue weighted by Crippen LogP contribution is -2.35. The normalized spacial score (nSPS) is 10.6. The fourth-order valence-corrected chi connectivity index (χ4v) is 1.49. The molecule has 0 saturated heterocycles. The Morgan fingerprint density at radius 1 is 1.57 bits per heavy atom. The Hall–Kier alpha value is -1.25. The number of aryl methyl sites for hydroxylation is 1. The van der Waals surface area contributed by atoms with Crippen LogP contribution in [0.4, 0.5) is 0 Å². The van der Waals surface area contributed by atoms with Gasteiger partial charge in [-0.25, -0.2) is 0 Å². The van der Waals surface area contributed by atoms with Crippen molar-refractivity contribution in [1.29, 1.82) is 0 Å². The summed E-state index contributed by atoms with van der Waals surface area (Å²) in [5, 5.41) is 0. The summed E-state index contributed by atoms with van der Waals surface area (Å²) in [6, 6.07) is 4.29. The highest BCUT2D eigenvalue weighted by Crippen LogP contribution is 2.08. The van der Waals surface area contributed by atoms with E-state index >= 15 is 0 Å². The van der Waals surface area contributed by atoms with Crippen LogP contribution in [-0.4, -0.2) is 21.4 Å². The Labute approximate surface area is 85.3 Å². The molecule has 0 atom stereocenters. The molecule has 0 N–H and O–H groups in total. The van der Waals surface area contributed by atoms with Gasteiger partial charge in [0.05, 0.1) is 6.54 Å². The van der Waals surface area contributed by atoms with E-state index in [9.17, 15) is 4.79 Å². The van der Waals surface area contributed by atoms with Gasteiger partial charge in [0.25, 0.3) is 0 Å². The van der Waals surface area contributed by atoms with Crippen molar-refractivity contribution in [2.24, 2.45) is 7.05 Å². The molecule has 14 heavy (non-hydrogen) atoms. The maximum Gasteiger partial charge on any atom is 0.220 e. The van der Waals surface area contributed by atoms with Crippen LogP contribution in [0.1, 0.15) is 26.5 Å². The highest BCUT2D eigenvalue weighted by atomic mass is 16.2. The monoisotopic (exact) mass is 194 g/mol. The average Bonchev–Trinajstić information content (AvgIpc) is 2.46. The lowest BCUT2D eigenvalue weighted by Gasteiger charge is -2.25. The molecule has 1 aromatic rings. The molecule has 0 radical (unpaired) electrons. The Bertz CT molecular complexity index is 315. The molecular formula is C11H18N2O. The van der Waals surface area contributed by atoms with Crippen LogP contribution < -0.4 is 0 Å². The first-order valence-corrected chi connectivity index (χ1v) is 4.89. The number of rotatable bonds is 3. The minimum Gasteiger partial charge on any atom is -0.353 e. The van der Waals surface area contributed by atoms with Gasteiger partial charge in [-0.15, -0.1) is 0 Å². The largest absolute Gasteiger partial charge is 0.353 e. The molecule has 1 aromatic heterocycles. The molecule has 0 bridgehead atoms. The van der Waals surface area contributed by atoms with Crippen LogP contribution in [0, 0.1) is 0 Å². The van der Waals surface area contributed by atoms with E-state index in [4.69, 9.17) is 0 Å². The van der Waals surface area contributed by atoms with E-state index in [1.807, 2.05) is 48.7 Å². The van der Waals surface area contributed by atoms with Crippen molar-refractivity contribution >= 4 is 5.91 Å². The molecule has 3 nitrogen and oxygen atoms in total. The smallest absolute Gasteiger partial charge is 0.220 e. The summed E-state index contributed by atoms with van der Waals surface area (Å²) in [6.07, 6.45) is 1.99. The molecule has 0 aliphatic heterocycles. The minimum absolute atomic E-state index is 0.126. The highest BCUT2D eigenvalue weighted by molar-refractivity contribution is 5.73. The van der Waals surface area contributed by atoms with Gasteiger partial charge in [-0.2, -0.15) is 0 Å². The Morgan fingerprint density at radius 3 is 2.57 bits per heavy atom. The fraction of sp³-hybridized carbons (Fsp3) is 0.545. The minimum atomic E-state index is 0.126. The van der Waals surface area contributed by atoms with Gasteiger partial charge in [-0.3, -0.25) is 4.79 Å². The third kappa shape index (κ3) is 2.37. The van der Waals surface area contributed by atoms with Gasteiger partial charge in [0.2, 0.25) is 5.91 Å². The zero-order valence-electron chi connectivity index (χ0n) is 9.32. The number of carbonyl (C=O) groups is 1. The first-order valence-electron chi connectivity index (χ1n) is 4.89. The Morgan fingerprint density at radius 2 is 2.21 bits per heavy atom. The van der Waals surface area contributed by atoms with Crippen molar-refractivity contribution in [1.82, 2.24) is 9.47 Å². The van der Waals surface area contributed by atoms with Gasteiger partial charge < -0.3 is 9.47 Å². The molecule has 1 amide bonds. The van der Waals surface area contributed by atoms with E-state index in [0.29, 0.717) is 6.54 Å². The number of amides is 1. The third-order valence-corrected chi connectivity index (χ3v) is 2.41. The maximum atomic E-state index is 11.3. The standard InChI is InChI=1S/C11H18N2O/c1-9(2)13(10(3)14)8-11-6-5-7-12(11)4/h5-7,9H,8H2,1-4H3. The molecule has 1 rings (SSSR count). The summed E-state index contributed by atoms with van der Waals surface area (Å²) in [4.78, 5) is 13.2. The van der Waals surface area contributed by atoms with Crippen LogP contribution in [-0.2, 0) is 18.4 Å². The Kier molecular flexibility index (Phi) is 3.33. The van der Waals surface area contributed by atoms with Crippen molar-refractivity contribution < 1.29 is 4.79 Å². The van der Waals surface area contributed by atoms with Crippen molar-refractivity contribution in [3.8, 4) is 0 Å². The number of hydrogen-bond acceptors (Lipinski definition) is 1. The van der Waals surface area contributed by atoms with Crippen LogP contribution >= 0.6 is 0 Å². The quantitative estimate of drug-likeness (QED) is 0.720. The SMILES string of the molecule is CC(=O)N(Cc1cccn1C)C(C)C. The summed E-state index contributed by atoms with van der Waals surface area (Å²) >= 11 is 0. The van der Waals surface area contributed by atoms with Crippen molar-refractivity contribution in [2.75, 3.05) is 0 Å². The van der Waals surface area contributed by atoms with Crippen LogP contribution in [0.2, 0.25) is 0 Å². The first kappa shape index (κ1) is 10.8. The molecule has 1 heterocycles. The number of carbonyl (C=O) groups excluding carboxylic acids is 1. The van der Waals surface area contributed by atoms with E-state index in [2.05, 4.69) is 0 Å². The summed E-state index contributed by atoms with van der Waals surface area (Å²) in [6.45, 7) is 6.37. The lowest BCUT2D eigenvalue weighted by molar-refractivity contribution is -0.131. The second-order valence-electron chi connectivity index (χ2n) is 3.85. The molecule has 0 saturated carbocycles. The van der Waals surface area contributed by atoms with Gasteiger partial charge in [0.15, 0.2) is 0 Å². The summed E-state index contributed by atoms with van der Waals surface area (Å²) in [7, 11) is 1.99. The highest BCUT2D eigenvalue weighted by Gasteiger charge is 2.13. The van der Waals surface area contributed by atoms with Gasteiger partial charge >= 0.3 is 0 Å². The summed E-state index contributed by atoms with van der Waals surface area (Å²) in [5.41, 5.74) is 1.16. The van der Waals surface area contributed by atoms with Crippen molar-refractivity contribution in [3.05, 3.63) is 24.0 Å². The molecule has 0 spiro atoms. The zero-order chi connectivity index (χ0) is 10.7. The van der Waals surface area contributed by atoms with Gasteiger partial charge in [-0.1, -0.05) is 0 Å². The van der Waals surface area contributed by atoms with Crippen molar-refractivity contribution in [3.63, 3.8) is 0 Å². The van der Waals surface area contributed by atoms with E-state index in [-0.39, 0.29) is 11.9 Å². The van der Waals surface area contributed by atoms with Crippen molar-refractivity contribution in [2.45, 2.75) is 33.4 Å². The summed E-state index contributed by atoms with van der Waals surface area (Å²) in [5.74, 6) is 0.126. The predicted octanol–water partition coefficient (Wildman–Crippen LogP) is 1.78. The second kappa shape index (κ2) is 4.31. The first-order chi connectivity index (χ1) is 6.52. The molecule has 0 aromatic carbocycles. The lowest BCUT2D eigenvalue weighted by atomic mass is 10.3. The predicted molar refractivity (Wildman–Crippen MR) is 56.8 cm³/mol. The molecule has 78 valence electrons. The summed E-state index contributed by atoms with van der Waals surface area (Å²) < 4.78 is 2.04. The van der Waals surface area contributed by atoms with E-state index < -0.39 is 0 Å². The third-order valence-electron chi connectivity index (χ3n) is 2.41. The molecule has 0 unspecified atom stereocenters. The van der Waals surface area contributed by atoms with Gasteiger partial charge in [0, 0.05) is 31.9 Å². The molecular weight excluding hydrogens is 176 g/mol. The molecule has 3 heteroatoms. The molecule has 0 aliphatic rings. The van der Waals surface area contributed by atoms with Crippen LogP contribution in [0.25, 0.3) is 0 Å². The topological polar surface area (TPSA) is 25.2 Å². The van der Waals surface area contributed by atoms with Crippen LogP contribution in [0.3, 0.4) is 0 Å². The fourth-order valence-electron chi connectivity index (χ4n) is 1.49. The van der Waals surface area contributed by atoms with Gasteiger partial charge in [-0.05, 0) is 26.0 Å². The second-order valence-corrected chi connectivity index (χ2v) is 3.85. The average molecular weight is 194 g/mol. The Balaban J connectivity index is 2.75. The van der Waals surface area contributed by atoms with E-state index in [1.165, 1.54) is 0 Å². The van der Waals surface area contributed by atoms with E-state index in [1.54, 1.807) is 6.92 Å². The maximum absolute atomic E-state index is 11.3. The van der Waals surface area contributed by atoms with Crippen LogP contribution in [0.15, 0.2) is 18.3 Å². The zero-order valence-corrected chi connectivity index (χ0v) is 9.32. The molecule has 0 fully saturated rings. The number of nitrogens with zero attached hydrogens (tertiary/aromatic N) is 2. The van der Waals surface area contributed by atoms with E-state index in [0.717, 1.165) is 5.69 Å². The van der Waals surface area contributed by atoms with Gasteiger partial charge in [0.1, 0.15) is 0 Å². The van der Waals surface area contributed by atoms with Crippen LogP contribution in [0.5, 0.6) is 0 Å². The number of hydrogen-bond donors (Lipinski definition) is 0. The molecule has 0 aliphatic carbocycles.